The number of hydrogen-bond donors (Lipinski definition) is 0. The summed E-state index contributed by atoms with van der Waals surface area (Å²) in [5.41, 5.74) is 30.5. The summed E-state index contributed by atoms with van der Waals surface area (Å²) in [7, 11) is 0. The van der Waals surface area contributed by atoms with Crippen molar-refractivity contribution in [1.82, 2.24) is 0 Å². The second-order valence-corrected chi connectivity index (χ2v) is 27.1. The molecule has 2 heteroatoms. The minimum atomic E-state index is -0.153. The molecule has 0 atom stereocenters. The maximum absolute atomic E-state index is 2.58. The number of para-hydroxylation sites is 2. The molecule has 7 aliphatic rings. The van der Waals surface area contributed by atoms with Gasteiger partial charge in [0.15, 0.2) is 0 Å². The molecule has 0 saturated heterocycles. The largest absolute Gasteiger partial charge is 0.314 e. The van der Waals surface area contributed by atoms with Crippen LogP contribution in [-0.4, -0.2) is 0 Å². The molecule has 96 heavy (non-hydrogen) atoms. The average Bonchev–Trinajstić information content (AvgIpc) is 1.53. The van der Waals surface area contributed by atoms with Crippen molar-refractivity contribution >= 4 is 72.8 Å². The van der Waals surface area contributed by atoms with Gasteiger partial charge in [-0.25, -0.2) is 0 Å². The van der Waals surface area contributed by atoms with E-state index in [-0.39, 0.29) is 10.8 Å². The zero-order chi connectivity index (χ0) is 67.8. The molecule has 9 aromatic rings. The molecule has 492 valence electrons. The first-order chi connectivity index (χ1) is 47.0. The zero-order valence-electron chi connectivity index (χ0n) is 60.7. The number of fused-ring (bicyclic) bond motifs is 16. The van der Waals surface area contributed by atoms with Crippen LogP contribution in [0.25, 0.3) is 61.2 Å². The molecule has 16 rings (SSSR count). The Bertz CT molecular complexity index is 4570. The van der Waals surface area contributed by atoms with Gasteiger partial charge in [-0.3, -0.25) is 0 Å². The van der Waals surface area contributed by atoms with Crippen LogP contribution >= 0.6 is 0 Å². The molecule has 0 spiro atoms. The van der Waals surface area contributed by atoms with Crippen LogP contribution < -0.4 is 9.80 Å². The zero-order valence-corrected chi connectivity index (χ0v) is 60.7. The van der Waals surface area contributed by atoms with Crippen LogP contribution in [0, 0.1) is 19.8 Å². The van der Waals surface area contributed by atoms with Crippen molar-refractivity contribution in [2.24, 2.45) is 5.92 Å². The van der Waals surface area contributed by atoms with Crippen molar-refractivity contribution in [1.29, 1.82) is 0 Å². The molecule has 1 fully saturated rings. The maximum atomic E-state index is 2.58. The van der Waals surface area contributed by atoms with Crippen molar-refractivity contribution in [3.8, 4) is 11.1 Å². The Morgan fingerprint density at radius 3 is 1.73 bits per heavy atom. The van der Waals surface area contributed by atoms with Crippen molar-refractivity contribution in [3.63, 3.8) is 0 Å². The summed E-state index contributed by atoms with van der Waals surface area (Å²) in [5, 5.41) is 8.30. The third-order valence-electron chi connectivity index (χ3n) is 21.1. The number of hydrogen-bond acceptors (Lipinski definition) is 2. The number of nitrogens with zero attached hydrogens (tertiary/aromatic N) is 2. The fraction of sp³-hybridized carbons (Fsp3) is 0.319. The molecule has 1 saturated carbocycles. The lowest BCUT2D eigenvalue weighted by atomic mass is 9.76. The predicted molar refractivity (Wildman–Crippen MR) is 424 cm³/mol. The lowest BCUT2D eigenvalue weighted by Crippen LogP contribution is -2.23. The minimum absolute atomic E-state index is 0.110. The molecule has 0 heterocycles. The lowest BCUT2D eigenvalue weighted by Gasteiger charge is -2.34. The Labute approximate surface area is 578 Å². The number of allylic oxidation sites excluding steroid dienone is 13. The lowest BCUT2D eigenvalue weighted by molar-refractivity contribution is 0.393. The molecular weight excluding hydrogens is 1160 g/mol. The molecule has 9 aromatic carbocycles. The van der Waals surface area contributed by atoms with Gasteiger partial charge >= 0.3 is 0 Å². The van der Waals surface area contributed by atoms with E-state index in [1.165, 1.54) is 188 Å². The second kappa shape index (κ2) is 30.1. The number of rotatable bonds is 9. The first-order valence-electron chi connectivity index (χ1n) is 37.0. The van der Waals surface area contributed by atoms with Crippen molar-refractivity contribution < 1.29 is 0 Å². The smallest absolute Gasteiger partial charge is 0.0540 e. The molecular formula is C94H106N2. The summed E-state index contributed by atoms with van der Waals surface area (Å²) < 4.78 is 0. The fourth-order valence-electron chi connectivity index (χ4n) is 17.0. The van der Waals surface area contributed by atoms with Crippen LogP contribution in [0.2, 0.25) is 0 Å². The van der Waals surface area contributed by atoms with Crippen LogP contribution in [0.5, 0.6) is 0 Å². The van der Waals surface area contributed by atoms with E-state index in [0.717, 1.165) is 44.4 Å². The predicted octanol–water partition coefficient (Wildman–Crippen LogP) is 27.8. The Balaban J connectivity index is 0.000000177. The molecule has 0 bridgehead atoms. The monoisotopic (exact) mass is 1260 g/mol. The molecule has 0 aliphatic heterocycles. The van der Waals surface area contributed by atoms with E-state index in [4.69, 9.17) is 0 Å². The van der Waals surface area contributed by atoms with E-state index in [1.54, 1.807) is 5.57 Å². The number of aryl methyl sites for hydroxylation is 3. The Morgan fingerprint density at radius 1 is 0.469 bits per heavy atom. The Kier molecular flexibility index (Phi) is 21.6. The molecule has 7 aliphatic carbocycles. The van der Waals surface area contributed by atoms with E-state index in [1.807, 2.05) is 55.4 Å². The summed E-state index contributed by atoms with van der Waals surface area (Å²) in [4.78, 5) is 5.10. The van der Waals surface area contributed by atoms with Gasteiger partial charge in [0.2, 0.25) is 0 Å². The standard InChI is InChI=1S/C44H41N.C42H41N.4C2H6/c1-44(2)39-28-40(45(31-16-7-4-8-17-31)32-26-24-30(25-27-32)29-14-5-3-6-15-29)35-19-10-12-21-37(35)41(39)42-36-20-11-9-18-33(36)34-22-13-23-38(34)43(42)44;1-28-24-25-29(2)38(26-28)43(32-18-10-7-11-19-32)39(31-16-8-6-9-17-31)27-37-30(3)40-35-22-14-12-20-33(35)34-21-13-15-23-36(34)41(40)42(37,4)5;4*1-2/h4,7-13,16-22,24,26,28-29H,3,5-6,14-15,23,25,27H2,1-2H3;6-8,10-11,13-16,18-19,21-27H,9,12,17,20H2,1-5H3;4*1-2H3/b;39-27+;;;;. The van der Waals surface area contributed by atoms with Gasteiger partial charge in [0.1, 0.15) is 0 Å². The van der Waals surface area contributed by atoms with Gasteiger partial charge in [0.25, 0.3) is 0 Å². The second-order valence-electron chi connectivity index (χ2n) is 27.1. The molecule has 2 nitrogen and oxygen atoms in total. The van der Waals surface area contributed by atoms with E-state index in [9.17, 15) is 0 Å². The van der Waals surface area contributed by atoms with Gasteiger partial charge in [0.05, 0.1) is 5.69 Å². The molecule has 0 unspecified atom stereocenters. The highest BCUT2D eigenvalue weighted by molar-refractivity contribution is 6.16. The summed E-state index contributed by atoms with van der Waals surface area (Å²) in [6, 6.07) is 58.8. The van der Waals surface area contributed by atoms with Crippen LogP contribution in [0.3, 0.4) is 0 Å². The maximum Gasteiger partial charge on any atom is 0.0540 e. The van der Waals surface area contributed by atoms with Crippen LogP contribution in [0.15, 0.2) is 234 Å². The van der Waals surface area contributed by atoms with E-state index < -0.39 is 0 Å². The number of anilines is 4. The topological polar surface area (TPSA) is 6.48 Å². The fourth-order valence-corrected chi connectivity index (χ4v) is 17.0. The quantitative estimate of drug-likeness (QED) is 0.142. The van der Waals surface area contributed by atoms with E-state index >= 15 is 0 Å². The third kappa shape index (κ3) is 12.5. The first-order valence-corrected chi connectivity index (χ1v) is 37.0. The minimum Gasteiger partial charge on any atom is -0.314 e. The van der Waals surface area contributed by atoms with Gasteiger partial charge in [-0.05, 0) is 243 Å². The van der Waals surface area contributed by atoms with Gasteiger partial charge in [0, 0.05) is 44.7 Å². The van der Waals surface area contributed by atoms with Crippen LogP contribution in [0.1, 0.15) is 210 Å². The van der Waals surface area contributed by atoms with E-state index in [0.29, 0.717) is 0 Å². The van der Waals surface area contributed by atoms with Gasteiger partial charge in [-0.15, -0.1) is 0 Å². The summed E-state index contributed by atoms with van der Waals surface area (Å²) in [5.74, 6) is 0.785. The summed E-state index contributed by atoms with van der Waals surface area (Å²) >= 11 is 0. The molecule has 0 aromatic heterocycles. The normalized spacial score (nSPS) is 16.6. The van der Waals surface area contributed by atoms with Gasteiger partial charge in [-0.1, -0.05) is 278 Å². The third-order valence-corrected chi connectivity index (χ3v) is 21.1. The van der Waals surface area contributed by atoms with Crippen molar-refractivity contribution in [2.75, 3.05) is 9.80 Å². The van der Waals surface area contributed by atoms with Gasteiger partial charge < -0.3 is 9.80 Å². The number of benzene rings is 9. The highest BCUT2D eigenvalue weighted by atomic mass is 15.2. The van der Waals surface area contributed by atoms with Crippen molar-refractivity contribution in [2.45, 2.75) is 192 Å². The highest BCUT2D eigenvalue weighted by Gasteiger charge is 2.43. The van der Waals surface area contributed by atoms with Gasteiger partial charge in [-0.2, -0.15) is 0 Å². The Morgan fingerprint density at radius 2 is 1.07 bits per heavy atom. The Hall–Kier alpha value is -8.72. The van der Waals surface area contributed by atoms with E-state index in [2.05, 4.69) is 277 Å². The summed E-state index contributed by atoms with van der Waals surface area (Å²) in [6.45, 7) is 32.6. The SMILES string of the molecule is CC.CC.CC.CC.CC1(C)c2cc(N(C3=CC=C(C4CCCCC4)CC3)c3ccccc3)c3ccccc3c2-c2c1c1c(c3ccccc23)C=CC1.CC1=C(/C=C(\C2=CC=CCC2)N(c2ccccc2)c2cc(C)ccc2C)C(C)(C)c2c1c1c(c3ccccc23)CCC=C1. The first kappa shape index (κ1) is 68.7. The molecule has 0 amide bonds. The molecule has 0 radical (unpaired) electrons. The highest BCUT2D eigenvalue weighted by Crippen LogP contribution is 2.60. The molecule has 0 N–H and O–H groups in total. The summed E-state index contributed by atoms with van der Waals surface area (Å²) in [6.07, 6.45) is 38.4. The van der Waals surface area contributed by atoms with Crippen LogP contribution in [-0.2, 0) is 23.7 Å². The van der Waals surface area contributed by atoms with Crippen LogP contribution in [0.4, 0.5) is 22.7 Å². The average molecular weight is 1260 g/mol. The van der Waals surface area contributed by atoms with Crippen molar-refractivity contribution in [3.05, 3.63) is 290 Å².